The van der Waals surface area contributed by atoms with Gasteiger partial charge in [0.2, 0.25) is 0 Å². The first-order valence-electron chi connectivity index (χ1n) is 12.3. The molecule has 3 aromatic carbocycles. The summed E-state index contributed by atoms with van der Waals surface area (Å²) in [6, 6.07) is 13.7. The minimum atomic E-state index is -0.824. The smallest absolute Gasteiger partial charge is 0.335 e. The van der Waals surface area contributed by atoms with Crippen molar-refractivity contribution in [1.29, 1.82) is 0 Å². The number of ether oxygens (including phenoxy) is 2. The Morgan fingerprint density at radius 3 is 2.38 bits per heavy atom. The molecule has 1 fully saturated rings. The summed E-state index contributed by atoms with van der Waals surface area (Å²) in [5.74, 6) is -0.786. The zero-order chi connectivity index (χ0) is 29.0. The zero-order valence-corrected chi connectivity index (χ0v) is 22.2. The van der Waals surface area contributed by atoms with Crippen molar-refractivity contribution in [2.24, 2.45) is 0 Å². The summed E-state index contributed by atoms with van der Waals surface area (Å²) in [5, 5.41) is 13.2. The van der Waals surface area contributed by atoms with E-state index < -0.39 is 22.8 Å². The van der Waals surface area contributed by atoms with Gasteiger partial charge in [-0.1, -0.05) is 12.1 Å². The molecular weight excluding hydrogens is 514 g/mol. The summed E-state index contributed by atoms with van der Waals surface area (Å²) < 4.78 is 11.6. The highest BCUT2D eigenvalue weighted by molar-refractivity contribution is 6.39. The van der Waals surface area contributed by atoms with Crippen molar-refractivity contribution < 1.29 is 28.8 Å². The van der Waals surface area contributed by atoms with E-state index in [0.717, 1.165) is 16.0 Å². The van der Waals surface area contributed by atoms with Crippen LogP contribution in [-0.2, 0) is 22.6 Å². The van der Waals surface area contributed by atoms with Crippen molar-refractivity contribution in [3.05, 3.63) is 111 Å². The Morgan fingerprint density at radius 2 is 1.75 bits per heavy atom. The number of non-ortho nitro benzene ring substituents is 1. The number of nitrogens with one attached hydrogen (secondary N) is 1. The number of nitro groups is 1. The highest BCUT2D eigenvalue weighted by Gasteiger charge is 2.37. The normalized spacial score (nSPS) is 14.2. The Kier molecular flexibility index (Phi) is 8.09. The number of carbonyl (C=O) groups is 3. The van der Waals surface area contributed by atoms with Crippen LogP contribution in [0.2, 0.25) is 0 Å². The second-order valence-corrected chi connectivity index (χ2v) is 9.14. The van der Waals surface area contributed by atoms with Gasteiger partial charge in [-0.3, -0.25) is 25.0 Å². The second-order valence-electron chi connectivity index (χ2n) is 9.14. The summed E-state index contributed by atoms with van der Waals surface area (Å²) >= 11 is 0. The van der Waals surface area contributed by atoms with Crippen molar-refractivity contribution in [3.63, 3.8) is 0 Å². The molecule has 0 radical (unpaired) electrons. The number of hydrogen-bond acceptors (Lipinski definition) is 7. The van der Waals surface area contributed by atoms with E-state index in [1.807, 2.05) is 13.8 Å². The molecule has 1 aliphatic heterocycles. The maximum Gasteiger partial charge on any atom is 0.335 e. The average Bonchev–Trinajstić information content (AvgIpc) is 2.92. The van der Waals surface area contributed by atoms with Crippen molar-refractivity contribution in [1.82, 2.24) is 5.32 Å². The molecule has 0 saturated carbocycles. The maximum absolute atomic E-state index is 13.4. The van der Waals surface area contributed by atoms with E-state index in [9.17, 15) is 24.5 Å². The highest BCUT2D eigenvalue weighted by atomic mass is 16.6. The fraction of sp³-hybridized carbons (Fsp3) is 0.167. The Bertz CT molecular complexity index is 1560. The van der Waals surface area contributed by atoms with Crippen LogP contribution in [0.4, 0.5) is 16.2 Å². The van der Waals surface area contributed by atoms with Gasteiger partial charge in [-0.2, -0.15) is 0 Å². The largest absolute Gasteiger partial charge is 0.493 e. The van der Waals surface area contributed by atoms with Gasteiger partial charge < -0.3 is 9.47 Å². The van der Waals surface area contributed by atoms with E-state index >= 15 is 0 Å². The predicted molar refractivity (Wildman–Crippen MR) is 149 cm³/mol. The molecule has 204 valence electrons. The fourth-order valence-electron chi connectivity index (χ4n) is 4.18. The van der Waals surface area contributed by atoms with Crippen LogP contribution in [0, 0.1) is 24.0 Å². The summed E-state index contributed by atoms with van der Waals surface area (Å²) in [5.41, 5.74) is 3.86. The molecule has 0 aliphatic carbocycles. The number of allylic oxidation sites excluding steroid dienone is 1. The SMILES string of the molecule is C=CCc1cc(/C=C2\C(=O)NC(=O)N(c3ccc(C)c(C)c3)C2=O)cc(OC)c1OCc1ccc([N+](=O)[O-])cc1. The van der Waals surface area contributed by atoms with Gasteiger partial charge in [-0.25, -0.2) is 9.69 Å². The fourth-order valence-corrected chi connectivity index (χ4v) is 4.18. The van der Waals surface area contributed by atoms with Gasteiger partial charge in [0, 0.05) is 17.7 Å². The molecule has 1 saturated heterocycles. The first-order chi connectivity index (χ1) is 19.1. The third-order valence-electron chi connectivity index (χ3n) is 6.43. The van der Waals surface area contributed by atoms with Gasteiger partial charge in [0.25, 0.3) is 17.5 Å². The van der Waals surface area contributed by atoms with Gasteiger partial charge in [0.1, 0.15) is 12.2 Å². The first kappa shape index (κ1) is 27.8. The number of hydrogen-bond donors (Lipinski definition) is 1. The molecule has 3 aromatic rings. The number of aryl methyl sites for hydroxylation is 2. The van der Waals surface area contributed by atoms with E-state index in [1.54, 1.807) is 48.5 Å². The molecule has 4 amide bonds. The molecule has 0 atom stereocenters. The maximum atomic E-state index is 13.4. The number of nitro benzene ring substituents is 1. The van der Waals surface area contributed by atoms with E-state index in [4.69, 9.17) is 9.47 Å². The number of anilines is 1. The molecule has 4 rings (SSSR count). The van der Waals surface area contributed by atoms with E-state index in [-0.39, 0.29) is 17.9 Å². The number of urea groups is 1. The average molecular weight is 542 g/mol. The minimum absolute atomic E-state index is 0.0230. The third-order valence-corrected chi connectivity index (χ3v) is 6.43. The van der Waals surface area contributed by atoms with Crippen LogP contribution < -0.4 is 19.7 Å². The topological polar surface area (TPSA) is 128 Å². The van der Waals surface area contributed by atoms with Gasteiger partial charge in [0.15, 0.2) is 11.5 Å². The van der Waals surface area contributed by atoms with Crippen LogP contribution in [-0.4, -0.2) is 29.9 Å². The van der Waals surface area contributed by atoms with E-state index in [2.05, 4.69) is 11.9 Å². The third kappa shape index (κ3) is 5.75. The Balaban J connectivity index is 1.67. The number of rotatable bonds is 9. The highest BCUT2D eigenvalue weighted by Crippen LogP contribution is 2.35. The molecule has 0 spiro atoms. The molecule has 0 bridgehead atoms. The monoisotopic (exact) mass is 541 g/mol. The molecule has 10 heteroatoms. The van der Waals surface area contributed by atoms with Crippen LogP contribution >= 0.6 is 0 Å². The lowest BCUT2D eigenvalue weighted by Crippen LogP contribution is -2.54. The molecular formula is C30H27N3O7. The molecule has 1 N–H and O–H groups in total. The molecule has 1 heterocycles. The number of nitrogens with zero attached hydrogens (tertiary/aromatic N) is 2. The van der Waals surface area contributed by atoms with Gasteiger partial charge in [-0.15, -0.1) is 6.58 Å². The molecule has 40 heavy (non-hydrogen) atoms. The summed E-state index contributed by atoms with van der Waals surface area (Å²) in [6.07, 6.45) is 3.45. The van der Waals surface area contributed by atoms with Crippen LogP contribution in [0.5, 0.6) is 11.5 Å². The second kappa shape index (κ2) is 11.6. The molecule has 1 aliphatic rings. The van der Waals surface area contributed by atoms with Gasteiger partial charge in [0.05, 0.1) is 17.7 Å². The Morgan fingerprint density at radius 1 is 1.02 bits per heavy atom. The van der Waals surface area contributed by atoms with E-state index in [0.29, 0.717) is 40.3 Å². The summed E-state index contributed by atoms with van der Waals surface area (Å²) in [6.45, 7) is 7.69. The number of carbonyl (C=O) groups excluding carboxylic acids is 3. The van der Waals surface area contributed by atoms with Crippen molar-refractivity contribution in [2.45, 2.75) is 26.9 Å². The molecule has 0 aromatic heterocycles. The van der Waals surface area contributed by atoms with E-state index in [1.165, 1.54) is 25.3 Å². The summed E-state index contributed by atoms with van der Waals surface area (Å²) in [7, 11) is 1.46. The van der Waals surface area contributed by atoms with Gasteiger partial charge >= 0.3 is 6.03 Å². The lowest BCUT2D eigenvalue weighted by atomic mass is 10.0. The lowest BCUT2D eigenvalue weighted by molar-refractivity contribution is -0.384. The van der Waals surface area contributed by atoms with Crippen LogP contribution in [0.15, 0.2) is 72.8 Å². The number of amides is 4. The van der Waals surface area contributed by atoms with Crippen LogP contribution in [0.3, 0.4) is 0 Å². The number of benzene rings is 3. The minimum Gasteiger partial charge on any atom is -0.493 e. The number of methoxy groups -OCH3 is 1. The van der Waals surface area contributed by atoms with Crippen molar-refractivity contribution in [2.75, 3.05) is 12.0 Å². The molecule has 10 nitrogen and oxygen atoms in total. The van der Waals surface area contributed by atoms with Crippen molar-refractivity contribution >= 4 is 35.3 Å². The predicted octanol–water partition coefficient (Wildman–Crippen LogP) is 5.19. The summed E-state index contributed by atoms with van der Waals surface area (Å²) in [4.78, 5) is 50.1. The zero-order valence-electron chi connectivity index (χ0n) is 22.2. The molecule has 0 unspecified atom stereocenters. The van der Waals surface area contributed by atoms with Crippen LogP contribution in [0.25, 0.3) is 6.08 Å². The number of barbiturate groups is 1. The van der Waals surface area contributed by atoms with Crippen molar-refractivity contribution in [3.8, 4) is 11.5 Å². The lowest BCUT2D eigenvalue weighted by Gasteiger charge is -2.27. The first-order valence-corrected chi connectivity index (χ1v) is 12.3. The quantitative estimate of drug-likeness (QED) is 0.130. The number of imide groups is 2. The van der Waals surface area contributed by atoms with Gasteiger partial charge in [-0.05, 0) is 85.0 Å². The Hall–Kier alpha value is -5.25. The Labute approximate surface area is 230 Å². The standard InChI is InChI=1S/C30H27N3O7/c1-5-6-22-14-21(16-26(39-4)27(22)40-17-20-8-11-23(12-9-20)33(37)38)15-25-28(34)31-30(36)32(29(25)35)24-10-7-18(2)19(3)13-24/h5,7-16H,1,6,17H2,2-4H3,(H,31,34,36)/b25-15+. The van der Waals surface area contributed by atoms with Crippen LogP contribution in [0.1, 0.15) is 27.8 Å².